The number of hydrogen-bond donors (Lipinski definition) is 0. The minimum atomic E-state index is -3.69. The molecule has 2 heterocycles. The van der Waals surface area contributed by atoms with Gasteiger partial charge in [0.1, 0.15) is 6.17 Å². The van der Waals surface area contributed by atoms with E-state index < -0.39 is 10.0 Å². The summed E-state index contributed by atoms with van der Waals surface area (Å²) >= 11 is 0. The van der Waals surface area contributed by atoms with Crippen LogP contribution < -0.4 is 4.90 Å². The third-order valence-electron chi connectivity index (χ3n) is 7.98. The van der Waals surface area contributed by atoms with Crippen LogP contribution in [0.4, 0.5) is 5.69 Å². The molecule has 0 N–H and O–H groups in total. The van der Waals surface area contributed by atoms with Crippen molar-refractivity contribution < 1.29 is 8.42 Å². The van der Waals surface area contributed by atoms with Crippen molar-refractivity contribution in [2.45, 2.75) is 49.7 Å². The number of rotatable bonds is 6. The third kappa shape index (κ3) is 4.07. The van der Waals surface area contributed by atoms with Gasteiger partial charge in [0.15, 0.2) is 0 Å². The lowest BCUT2D eigenvalue weighted by atomic mass is 9.74. The Morgan fingerprint density at radius 3 is 2.16 bits per heavy atom. The van der Waals surface area contributed by atoms with Crippen LogP contribution in [0, 0.1) is 13.8 Å². The van der Waals surface area contributed by atoms with E-state index in [0.29, 0.717) is 18.0 Å². The summed E-state index contributed by atoms with van der Waals surface area (Å²) in [6.07, 6.45) is 1.26. The van der Waals surface area contributed by atoms with Crippen molar-refractivity contribution in [3.8, 4) is 0 Å². The second-order valence-corrected chi connectivity index (χ2v) is 12.4. The summed E-state index contributed by atoms with van der Waals surface area (Å²) in [7, 11) is -3.69. The predicted octanol–water partition coefficient (Wildman–Crippen LogP) is 6.22. The Hall–Kier alpha value is -3.41. The van der Waals surface area contributed by atoms with Crippen LogP contribution in [0.15, 0.2) is 108 Å². The molecule has 2 unspecified atom stereocenters. The Labute approximate surface area is 220 Å². The van der Waals surface area contributed by atoms with Crippen LogP contribution in [0.1, 0.15) is 34.2 Å². The summed E-state index contributed by atoms with van der Waals surface area (Å²) in [6, 6.07) is 34.6. The molecule has 4 nitrogen and oxygen atoms in total. The number of sulfonamides is 1. The van der Waals surface area contributed by atoms with Crippen molar-refractivity contribution >= 4 is 15.7 Å². The van der Waals surface area contributed by atoms with E-state index in [1.807, 2.05) is 6.07 Å². The first-order valence-corrected chi connectivity index (χ1v) is 14.4. The van der Waals surface area contributed by atoms with E-state index >= 15 is 0 Å². The number of hydrogen-bond acceptors (Lipinski definition) is 3. The highest BCUT2D eigenvalue weighted by atomic mass is 32.2. The minimum Gasteiger partial charge on any atom is -0.349 e. The quantitative estimate of drug-likeness (QED) is 0.310. The molecule has 0 aromatic heterocycles. The highest BCUT2D eigenvalue weighted by Crippen LogP contribution is 2.55. The smallest absolute Gasteiger partial charge is 0.244 e. The van der Waals surface area contributed by atoms with Gasteiger partial charge in [-0.15, -0.1) is 0 Å². The molecule has 0 bridgehead atoms. The second-order valence-electron chi connectivity index (χ2n) is 10.5. The molecular formula is C32H32N2O2S. The van der Waals surface area contributed by atoms with E-state index in [-0.39, 0.29) is 11.6 Å². The van der Waals surface area contributed by atoms with Gasteiger partial charge in [0.05, 0.1) is 4.90 Å². The van der Waals surface area contributed by atoms with Gasteiger partial charge in [0, 0.05) is 24.2 Å². The summed E-state index contributed by atoms with van der Waals surface area (Å²) in [5.74, 6) is 0. The zero-order chi connectivity index (χ0) is 25.6. The fourth-order valence-electron chi connectivity index (χ4n) is 6.46. The van der Waals surface area contributed by atoms with Crippen molar-refractivity contribution in [1.82, 2.24) is 4.31 Å². The van der Waals surface area contributed by atoms with E-state index in [2.05, 4.69) is 91.5 Å². The molecule has 4 aromatic rings. The number of para-hydroxylation sites is 1. The zero-order valence-electron chi connectivity index (χ0n) is 21.3. The average Bonchev–Trinajstić information content (AvgIpc) is 3.39. The van der Waals surface area contributed by atoms with E-state index in [1.54, 1.807) is 28.6 Å². The molecule has 188 valence electrons. The number of aryl methyl sites for hydroxylation is 2. The van der Waals surface area contributed by atoms with Crippen LogP contribution in [0.25, 0.3) is 0 Å². The Kier molecular flexibility index (Phi) is 5.93. The summed E-state index contributed by atoms with van der Waals surface area (Å²) in [6.45, 7) is 5.36. The Balaban J connectivity index is 1.52. The Bertz CT molecular complexity index is 1550. The number of fused-ring (bicyclic) bond motifs is 3. The molecule has 6 rings (SSSR count). The van der Waals surface area contributed by atoms with Gasteiger partial charge in [-0.05, 0) is 61.6 Å². The monoisotopic (exact) mass is 508 g/mol. The summed E-state index contributed by atoms with van der Waals surface area (Å²) in [5.41, 5.74) is 6.91. The van der Waals surface area contributed by atoms with Gasteiger partial charge in [-0.2, -0.15) is 4.31 Å². The van der Waals surface area contributed by atoms with Gasteiger partial charge in [-0.1, -0.05) is 96.1 Å². The summed E-state index contributed by atoms with van der Waals surface area (Å²) in [5, 5.41) is 0. The van der Waals surface area contributed by atoms with E-state index in [0.717, 1.165) is 18.5 Å². The second kappa shape index (κ2) is 9.16. The van der Waals surface area contributed by atoms with Crippen LogP contribution in [-0.2, 0) is 28.4 Å². The summed E-state index contributed by atoms with van der Waals surface area (Å²) in [4.78, 5) is 2.70. The van der Waals surface area contributed by atoms with Gasteiger partial charge in [-0.25, -0.2) is 8.42 Å². The fraction of sp³-hybridized carbons (Fsp3) is 0.250. The van der Waals surface area contributed by atoms with Crippen LogP contribution in [-0.4, -0.2) is 25.4 Å². The first-order valence-electron chi connectivity index (χ1n) is 12.9. The number of anilines is 1. The molecule has 0 aliphatic carbocycles. The van der Waals surface area contributed by atoms with Crippen LogP contribution in [0.5, 0.6) is 0 Å². The maximum absolute atomic E-state index is 14.1. The van der Waals surface area contributed by atoms with Crippen molar-refractivity contribution in [3.63, 3.8) is 0 Å². The molecule has 5 heteroatoms. The SMILES string of the molecule is Cc1cccc(CN2c3ccccc3C3(Cc4cccc(C)c4)CCN(S(=O)(=O)c4ccccc4)C23)c1. The summed E-state index contributed by atoms with van der Waals surface area (Å²) < 4.78 is 30.0. The Morgan fingerprint density at radius 1 is 0.784 bits per heavy atom. The van der Waals surface area contributed by atoms with Gasteiger partial charge >= 0.3 is 0 Å². The molecule has 0 spiro atoms. The standard InChI is InChI=1S/C32H32N2O2S/c1-24-10-8-12-26(20-24)22-32-18-19-34(37(35,36)28-14-4-3-5-15-28)31(32)33(30-17-7-6-16-29(30)32)23-27-13-9-11-25(2)21-27/h3-17,20-21,31H,18-19,22-23H2,1-2H3. The molecular weight excluding hydrogens is 476 g/mol. The number of benzene rings is 4. The molecule has 2 atom stereocenters. The molecule has 0 saturated carbocycles. The minimum absolute atomic E-state index is 0.309. The van der Waals surface area contributed by atoms with Gasteiger partial charge in [-0.3, -0.25) is 0 Å². The highest BCUT2D eigenvalue weighted by Gasteiger charge is 2.59. The largest absolute Gasteiger partial charge is 0.349 e. The van der Waals surface area contributed by atoms with Gasteiger partial charge in [0.2, 0.25) is 10.0 Å². The van der Waals surface area contributed by atoms with Gasteiger partial charge < -0.3 is 4.90 Å². The molecule has 37 heavy (non-hydrogen) atoms. The van der Waals surface area contributed by atoms with Crippen molar-refractivity contribution in [1.29, 1.82) is 0 Å². The first-order chi connectivity index (χ1) is 17.9. The molecule has 2 aliphatic heterocycles. The lowest BCUT2D eigenvalue weighted by Gasteiger charge is -2.38. The molecule has 0 amide bonds. The number of nitrogens with zero attached hydrogens (tertiary/aromatic N) is 2. The Morgan fingerprint density at radius 2 is 1.43 bits per heavy atom. The topological polar surface area (TPSA) is 40.6 Å². The van der Waals surface area contributed by atoms with Gasteiger partial charge in [0.25, 0.3) is 0 Å². The van der Waals surface area contributed by atoms with E-state index in [9.17, 15) is 8.42 Å². The highest BCUT2D eigenvalue weighted by molar-refractivity contribution is 7.89. The van der Waals surface area contributed by atoms with E-state index in [4.69, 9.17) is 0 Å². The molecule has 1 fully saturated rings. The predicted molar refractivity (Wildman–Crippen MR) is 149 cm³/mol. The lowest BCUT2D eigenvalue weighted by Crippen LogP contribution is -2.52. The molecule has 2 aliphatic rings. The maximum atomic E-state index is 14.1. The first kappa shape index (κ1) is 24.0. The molecule has 4 aromatic carbocycles. The van der Waals surface area contributed by atoms with Crippen LogP contribution in [0.2, 0.25) is 0 Å². The molecule has 0 radical (unpaired) electrons. The van der Waals surface area contributed by atoms with Crippen LogP contribution in [0.3, 0.4) is 0 Å². The van der Waals surface area contributed by atoms with Crippen molar-refractivity contribution in [2.75, 3.05) is 11.4 Å². The lowest BCUT2D eigenvalue weighted by molar-refractivity contribution is 0.300. The van der Waals surface area contributed by atoms with Crippen LogP contribution >= 0.6 is 0 Å². The third-order valence-corrected chi connectivity index (χ3v) is 9.85. The zero-order valence-corrected chi connectivity index (χ0v) is 22.2. The molecule has 1 saturated heterocycles. The average molecular weight is 509 g/mol. The normalized spacial score (nSPS) is 21.1. The maximum Gasteiger partial charge on any atom is 0.244 e. The van der Waals surface area contributed by atoms with E-state index in [1.165, 1.54) is 27.8 Å². The van der Waals surface area contributed by atoms with Crippen molar-refractivity contribution in [2.24, 2.45) is 0 Å². The fourth-order valence-corrected chi connectivity index (χ4v) is 8.14. The van der Waals surface area contributed by atoms with Crippen molar-refractivity contribution in [3.05, 3.63) is 131 Å².